The van der Waals surface area contributed by atoms with E-state index in [1.165, 1.54) is 23.5 Å². The number of thiazole rings is 1. The number of likely N-dealkylation sites (tertiary alicyclic amines) is 1. The molecule has 23 heavy (non-hydrogen) atoms. The maximum Gasteiger partial charge on any atom is 0.254 e. The fourth-order valence-electron chi connectivity index (χ4n) is 3.20. The molecular weight excluding hydrogens is 311 g/mol. The van der Waals surface area contributed by atoms with Crippen LogP contribution in [0.15, 0.2) is 48.0 Å². The van der Waals surface area contributed by atoms with E-state index in [-0.39, 0.29) is 17.8 Å². The van der Waals surface area contributed by atoms with Crippen LogP contribution < -0.4 is 0 Å². The van der Waals surface area contributed by atoms with Crippen LogP contribution in [0.25, 0.3) is 10.2 Å². The largest absolute Gasteiger partial charge is 0.332 e. The number of hydrogen-bond donors (Lipinski definition) is 0. The normalized spacial score (nSPS) is 17.8. The van der Waals surface area contributed by atoms with Crippen molar-refractivity contribution in [2.75, 3.05) is 6.54 Å². The van der Waals surface area contributed by atoms with E-state index in [0.29, 0.717) is 5.56 Å². The fourth-order valence-corrected chi connectivity index (χ4v) is 3.91. The number of hydrogen-bond acceptors (Lipinski definition) is 3. The Morgan fingerprint density at radius 1 is 1.22 bits per heavy atom. The summed E-state index contributed by atoms with van der Waals surface area (Å²) < 4.78 is 14.1. The smallest absolute Gasteiger partial charge is 0.254 e. The Labute approximate surface area is 137 Å². The van der Waals surface area contributed by atoms with E-state index in [0.717, 1.165) is 35.2 Å². The molecule has 1 aromatic heterocycles. The zero-order valence-electron chi connectivity index (χ0n) is 12.4. The van der Waals surface area contributed by atoms with Crippen molar-refractivity contribution in [3.8, 4) is 0 Å². The number of carbonyl (C=O) groups excluding carboxylic acids is 1. The molecule has 0 spiro atoms. The molecule has 4 rings (SSSR count). The van der Waals surface area contributed by atoms with Crippen molar-refractivity contribution in [2.24, 2.45) is 0 Å². The summed E-state index contributed by atoms with van der Waals surface area (Å²) in [5.74, 6) is -0.215. The first-order valence-electron chi connectivity index (χ1n) is 7.62. The van der Waals surface area contributed by atoms with Crippen LogP contribution in [-0.4, -0.2) is 22.3 Å². The second kappa shape index (κ2) is 5.74. The molecule has 1 saturated heterocycles. The van der Waals surface area contributed by atoms with Gasteiger partial charge in [0, 0.05) is 12.1 Å². The molecule has 1 fully saturated rings. The van der Waals surface area contributed by atoms with Crippen molar-refractivity contribution >= 4 is 27.5 Å². The Morgan fingerprint density at radius 3 is 2.87 bits per heavy atom. The number of benzene rings is 2. The minimum atomic E-state index is -0.250. The first kappa shape index (κ1) is 14.3. The van der Waals surface area contributed by atoms with Gasteiger partial charge in [-0.3, -0.25) is 4.79 Å². The predicted octanol–water partition coefficient (Wildman–Crippen LogP) is 4.41. The minimum Gasteiger partial charge on any atom is -0.332 e. The van der Waals surface area contributed by atoms with Crippen molar-refractivity contribution < 1.29 is 9.18 Å². The van der Waals surface area contributed by atoms with Gasteiger partial charge in [-0.2, -0.15) is 0 Å². The summed E-state index contributed by atoms with van der Waals surface area (Å²) in [4.78, 5) is 19.0. The van der Waals surface area contributed by atoms with Gasteiger partial charge in [-0.25, -0.2) is 9.37 Å². The number of rotatable bonds is 2. The molecule has 3 aromatic rings. The second-order valence-corrected chi connectivity index (χ2v) is 6.63. The lowest BCUT2D eigenvalue weighted by atomic mass is 10.0. The molecule has 1 amide bonds. The van der Waals surface area contributed by atoms with Crippen LogP contribution in [0.5, 0.6) is 0 Å². The standard InChI is InChI=1S/C18H15FN2OS/c19-14-6-3-12(4-7-14)16-2-1-9-21(16)18(22)13-5-8-15-17(10-13)23-11-20-15/h3-8,10-11,16H,1-2,9H2/t16-/m0/s1. The summed E-state index contributed by atoms with van der Waals surface area (Å²) in [5.41, 5.74) is 4.39. The van der Waals surface area contributed by atoms with E-state index in [4.69, 9.17) is 0 Å². The average Bonchev–Trinajstić information content (AvgIpc) is 3.23. The lowest BCUT2D eigenvalue weighted by molar-refractivity contribution is 0.0736. The Kier molecular flexibility index (Phi) is 3.58. The molecule has 0 bridgehead atoms. The fraction of sp³-hybridized carbons (Fsp3) is 0.222. The van der Waals surface area contributed by atoms with Gasteiger partial charge in [-0.15, -0.1) is 11.3 Å². The zero-order chi connectivity index (χ0) is 15.8. The van der Waals surface area contributed by atoms with Crippen LogP contribution in [0.4, 0.5) is 4.39 Å². The summed E-state index contributed by atoms with van der Waals surface area (Å²) in [6, 6.07) is 12.1. The molecule has 1 atom stereocenters. The van der Waals surface area contributed by atoms with E-state index in [1.807, 2.05) is 23.1 Å². The summed E-state index contributed by atoms with van der Waals surface area (Å²) >= 11 is 1.54. The van der Waals surface area contributed by atoms with Gasteiger partial charge in [0.2, 0.25) is 0 Å². The van der Waals surface area contributed by atoms with Crippen molar-refractivity contribution in [3.05, 3.63) is 64.9 Å². The van der Waals surface area contributed by atoms with E-state index in [2.05, 4.69) is 4.98 Å². The summed E-state index contributed by atoms with van der Waals surface area (Å²) in [6.07, 6.45) is 1.89. The van der Waals surface area contributed by atoms with Gasteiger partial charge >= 0.3 is 0 Å². The molecular formula is C18H15FN2OS. The minimum absolute atomic E-state index is 0.0280. The molecule has 3 nitrogen and oxygen atoms in total. The molecule has 5 heteroatoms. The first-order chi connectivity index (χ1) is 11.2. The van der Waals surface area contributed by atoms with E-state index >= 15 is 0 Å². The maximum absolute atomic E-state index is 13.1. The number of halogens is 1. The number of fused-ring (bicyclic) bond motifs is 1. The number of carbonyl (C=O) groups is 1. The zero-order valence-corrected chi connectivity index (χ0v) is 13.2. The number of amides is 1. The van der Waals surface area contributed by atoms with Gasteiger partial charge < -0.3 is 4.90 Å². The van der Waals surface area contributed by atoms with Crippen molar-refractivity contribution in [3.63, 3.8) is 0 Å². The van der Waals surface area contributed by atoms with Crippen LogP contribution >= 0.6 is 11.3 Å². The molecule has 0 saturated carbocycles. The maximum atomic E-state index is 13.1. The van der Waals surface area contributed by atoms with Crippen molar-refractivity contribution in [1.82, 2.24) is 9.88 Å². The lowest BCUT2D eigenvalue weighted by Crippen LogP contribution is -2.30. The molecule has 116 valence electrons. The lowest BCUT2D eigenvalue weighted by Gasteiger charge is -2.25. The summed E-state index contributed by atoms with van der Waals surface area (Å²) in [6.45, 7) is 0.738. The van der Waals surface area contributed by atoms with E-state index in [1.54, 1.807) is 17.6 Å². The highest BCUT2D eigenvalue weighted by Crippen LogP contribution is 2.33. The quantitative estimate of drug-likeness (QED) is 0.699. The van der Waals surface area contributed by atoms with Crippen molar-refractivity contribution in [1.29, 1.82) is 0 Å². The van der Waals surface area contributed by atoms with Gasteiger partial charge in [0.05, 0.1) is 21.8 Å². The van der Waals surface area contributed by atoms with E-state index < -0.39 is 0 Å². The highest BCUT2D eigenvalue weighted by Gasteiger charge is 2.30. The van der Waals surface area contributed by atoms with Crippen molar-refractivity contribution in [2.45, 2.75) is 18.9 Å². The third kappa shape index (κ3) is 2.61. The highest BCUT2D eigenvalue weighted by molar-refractivity contribution is 7.16. The third-order valence-electron chi connectivity index (χ3n) is 4.35. The van der Waals surface area contributed by atoms with Crippen LogP contribution in [0.2, 0.25) is 0 Å². The molecule has 0 unspecified atom stereocenters. The van der Waals surface area contributed by atoms with Crippen LogP contribution in [0.1, 0.15) is 34.8 Å². The van der Waals surface area contributed by atoms with Gasteiger partial charge in [0.15, 0.2) is 0 Å². The van der Waals surface area contributed by atoms with Gasteiger partial charge in [-0.05, 0) is 48.7 Å². The number of aromatic nitrogens is 1. The van der Waals surface area contributed by atoms with Crippen LogP contribution in [0.3, 0.4) is 0 Å². The Balaban J connectivity index is 1.64. The first-order valence-corrected chi connectivity index (χ1v) is 8.50. The second-order valence-electron chi connectivity index (χ2n) is 5.74. The molecule has 1 aliphatic heterocycles. The molecule has 2 heterocycles. The Morgan fingerprint density at radius 2 is 2.04 bits per heavy atom. The van der Waals surface area contributed by atoms with E-state index in [9.17, 15) is 9.18 Å². The van der Waals surface area contributed by atoms with Gasteiger partial charge in [0.1, 0.15) is 5.82 Å². The molecule has 1 aliphatic rings. The monoisotopic (exact) mass is 326 g/mol. The highest BCUT2D eigenvalue weighted by atomic mass is 32.1. The predicted molar refractivity (Wildman–Crippen MR) is 89.0 cm³/mol. The van der Waals surface area contributed by atoms with Gasteiger partial charge in [-0.1, -0.05) is 12.1 Å². The molecule has 2 aromatic carbocycles. The van der Waals surface area contributed by atoms with Crippen LogP contribution in [0, 0.1) is 5.82 Å². The molecule has 0 aliphatic carbocycles. The Hall–Kier alpha value is -2.27. The SMILES string of the molecule is O=C(c1ccc2ncsc2c1)N1CCC[C@H]1c1ccc(F)cc1. The molecule has 0 radical (unpaired) electrons. The van der Waals surface area contributed by atoms with Crippen LogP contribution in [-0.2, 0) is 0 Å². The summed E-state index contributed by atoms with van der Waals surface area (Å²) in [7, 11) is 0. The van der Waals surface area contributed by atoms with Gasteiger partial charge in [0.25, 0.3) is 5.91 Å². The molecule has 0 N–H and O–H groups in total. The average molecular weight is 326 g/mol. The Bertz CT molecular complexity index is 859. The third-order valence-corrected chi connectivity index (χ3v) is 5.14. The summed E-state index contributed by atoms with van der Waals surface area (Å²) in [5, 5.41) is 0. The number of nitrogens with zero attached hydrogens (tertiary/aromatic N) is 2. The topological polar surface area (TPSA) is 33.2 Å².